The number of urea groups is 1. The Balaban J connectivity index is 1.24. The molecule has 0 unspecified atom stereocenters. The van der Waals surface area contributed by atoms with E-state index in [0.29, 0.717) is 54.7 Å². The van der Waals surface area contributed by atoms with E-state index in [1.165, 1.54) is 12.1 Å². The average molecular weight is 550 g/mol. The van der Waals surface area contributed by atoms with Crippen LogP contribution in [0.2, 0.25) is 0 Å². The lowest BCUT2D eigenvalue weighted by Gasteiger charge is -2.30. The summed E-state index contributed by atoms with van der Waals surface area (Å²) in [4.78, 5) is 31.6. The minimum absolute atomic E-state index is 0.310. The van der Waals surface area contributed by atoms with Crippen molar-refractivity contribution in [1.82, 2.24) is 35.0 Å². The van der Waals surface area contributed by atoms with Crippen LogP contribution in [0, 0.1) is 5.82 Å². The fraction of sp³-hybridized carbons (Fsp3) is 0.138. The summed E-state index contributed by atoms with van der Waals surface area (Å²) < 4.78 is 19.3. The number of fused-ring (bicyclic) bond motifs is 2. The molecule has 2 aromatic carbocycles. The zero-order valence-corrected chi connectivity index (χ0v) is 21.7. The van der Waals surface area contributed by atoms with Crippen molar-refractivity contribution in [3.05, 3.63) is 79.0 Å². The molecule has 1 aliphatic rings. The smallest absolute Gasteiger partial charge is 0.339 e. The van der Waals surface area contributed by atoms with Crippen LogP contribution in [-0.4, -0.2) is 67.4 Å². The van der Waals surface area contributed by atoms with Crippen molar-refractivity contribution in [2.24, 2.45) is 5.84 Å². The Labute approximate surface area is 232 Å². The minimum Gasteiger partial charge on any atom is -0.378 e. The lowest BCUT2D eigenvalue weighted by molar-refractivity contribution is 0.0548. The Bertz CT molecular complexity index is 1910. The minimum atomic E-state index is -0.319. The van der Waals surface area contributed by atoms with E-state index in [0.717, 1.165) is 38.2 Å². The van der Waals surface area contributed by atoms with E-state index in [1.807, 2.05) is 30.3 Å². The SMILES string of the molecule is NN(C(=O)N1CCOCC1)c1cncc(-c2cnc3n[nH]c(-c4nc5c(-c6cccc(F)c6)cccc5[nH]4)c3c2)c1. The summed E-state index contributed by atoms with van der Waals surface area (Å²) in [6.45, 7) is 1.92. The van der Waals surface area contributed by atoms with Gasteiger partial charge in [0.2, 0.25) is 0 Å². The summed E-state index contributed by atoms with van der Waals surface area (Å²) in [5.41, 5.74) is 6.18. The van der Waals surface area contributed by atoms with Gasteiger partial charge in [-0.1, -0.05) is 24.3 Å². The number of anilines is 1. The predicted octanol–water partition coefficient (Wildman–Crippen LogP) is 4.50. The van der Waals surface area contributed by atoms with Gasteiger partial charge in [0.15, 0.2) is 11.5 Å². The van der Waals surface area contributed by atoms with Gasteiger partial charge >= 0.3 is 6.03 Å². The Hall–Kier alpha value is -5.20. The number of nitrogens with zero attached hydrogens (tertiary/aromatic N) is 6. The summed E-state index contributed by atoms with van der Waals surface area (Å²) in [5.74, 6) is 6.45. The Kier molecular flexibility index (Phi) is 6.10. The summed E-state index contributed by atoms with van der Waals surface area (Å²) in [6, 6.07) is 15.6. The van der Waals surface area contributed by atoms with E-state index in [2.05, 4.69) is 25.1 Å². The summed E-state index contributed by atoms with van der Waals surface area (Å²) in [7, 11) is 0. The number of imidazole rings is 1. The van der Waals surface area contributed by atoms with Gasteiger partial charge in [-0.3, -0.25) is 10.1 Å². The van der Waals surface area contributed by atoms with Crippen LogP contribution in [0.4, 0.5) is 14.9 Å². The third kappa shape index (κ3) is 4.54. The largest absolute Gasteiger partial charge is 0.378 e. The van der Waals surface area contributed by atoms with Crippen LogP contribution >= 0.6 is 0 Å². The number of halogens is 1. The molecule has 0 aliphatic carbocycles. The van der Waals surface area contributed by atoms with Crippen molar-refractivity contribution in [2.45, 2.75) is 0 Å². The van der Waals surface area contributed by atoms with Gasteiger partial charge in [-0.2, -0.15) is 5.10 Å². The second kappa shape index (κ2) is 10.1. The standard InChI is InChI=1S/C29H24FN9O2/c30-20-4-1-3-17(11-20)22-5-2-6-24-25(22)35-28(34-24)26-23-13-19(15-33-27(23)37-36-26)18-12-21(16-32-14-18)39(31)29(40)38-7-9-41-10-8-38/h1-6,11-16H,7-10,31H2,(H,34,35)(H,33,36,37). The second-order valence-electron chi connectivity index (χ2n) is 9.68. The van der Waals surface area contributed by atoms with E-state index in [4.69, 9.17) is 15.6 Å². The monoisotopic (exact) mass is 549 g/mol. The number of benzene rings is 2. The predicted molar refractivity (Wildman–Crippen MR) is 152 cm³/mol. The number of nitrogens with one attached hydrogen (secondary N) is 2. The van der Waals surface area contributed by atoms with Gasteiger partial charge in [0.25, 0.3) is 0 Å². The first-order valence-electron chi connectivity index (χ1n) is 13.0. The summed E-state index contributed by atoms with van der Waals surface area (Å²) in [5, 5.41) is 9.25. The number of amides is 2. The highest BCUT2D eigenvalue weighted by Gasteiger charge is 2.23. The van der Waals surface area contributed by atoms with E-state index in [1.54, 1.807) is 35.6 Å². The van der Waals surface area contributed by atoms with Gasteiger partial charge in [0.1, 0.15) is 11.5 Å². The maximum atomic E-state index is 13.9. The normalized spacial score (nSPS) is 13.7. The number of nitrogens with two attached hydrogens (primary N) is 1. The quantitative estimate of drug-likeness (QED) is 0.167. The van der Waals surface area contributed by atoms with Crippen molar-refractivity contribution in [1.29, 1.82) is 0 Å². The van der Waals surface area contributed by atoms with Crippen LogP contribution < -0.4 is 10.9 Å². The van der Waals surface area contributed by atoms with Gasteiger partial charge in [-0.25, -0.2) is 30.0 Å². The molecule has 1 aliphatic heterocycles. The van der Waals surface area contributed by atoms with Crippen molar-refractivity contribution < 1.29 is 13.9 Å². The van der Waals surface area contributed by atoms with E-state index < -0.39 is 0 Å². The fourth-order valence-electron chi connectivity index (χ4n) is 5.01. The van der Waals surface area contributed by atoms with Gasteiger partial charge in [0.05, 0.1) is 41.5 Å². The zero-order valence-electron chi connectivity index (χ0n) is 21.7. The number of pyridine rings is 2. The maximum absolute atomic E-state index is 13.9. The topological polar surface area (TPSA) is 142 Å². The number of H-pyrrole nitrogens is 2. The first-order chi connectivity index (χ1) is 20.0. The molecule has 6 aromatic rings. The van der Waals surface area contributed by atoms with E-state index in [-0.39, 0.29) is 11.8 Å². The first-order valence-corrected chi connectivity index (χ1v) is 13.0. The molecule has 0 radical (unpaired) electrons. The third-order valence-electron chi connectivity index (χ3n) is 7.12. The first kappa shape index (κ1) is 24.8. The molecule has 5 heterocycles. The number of aromatic amines is 2. The molecule has 0 spiro atoms. The average Bonchev–Trinajstić information content (AvgIpc) is 3.64. The molecule has 204 valence electrons. The van der Waals surface area contributed by atoms with Crippen molar-refractivity contribution in [3.63, 3.8) is 0 Å². The van der Waals surface area contributed by atoms with Crippen molar-refractivity contribution in [2.75, 3.05) is 31.3 Å². The highest BCUT2D eigenvalue weighted by Crippen LogP contribution is 2.33. The highest BCUT2D eigenvalue weighted by molar-refractivity contribution is 5.97. The van der Waals surface area contributed by atoms with Gasteiger partial charge in [0, 0.05) is 42.2 Å². The van der Waals surface area contributed by atoms with E-state index in [9.17, 15) is 9.18 Å². The van der Waals surface area contributed by atoms with Crippen LogP contribution in [0.25, 0.3) is 55.8 Å². The molecule has 7 rings (SSSR count). The third-order valence-corrected chi connectivity index (χ3v) is 7.12. The lowest BCUT2D eigenvalue weighted by Crippen LogP contribution is -2.51. The molecule has 11 nitrogen and oxygen atoms in total. The molecular weight excluding hydrogens is 525 g/mol. The summed E-state index contributed by atoms with van der Waals surface area (Å²) in [6.07, 6.45) is 4.92. The zero-order chi connectivity index (χ0) is 27.9. The van der Waals surface area contributed by atoms with Crippen LogP contribution in [-0.2, 0) is 4.74 Å². The Morgan fingerprint density at radius 2 is 1.83 bits per heavy atom. The molecule has 0 atom stereocenters. The van der Waals surface area contributed by atoms with Crippen LogP contribution in [0.15, 0.2) is 73.2 Å². The molecule has 4 aromatic heterocycles. The van der Waals surface area contributed by atoms with Gasteiger partial charge < -0.3 is 14.6 Å². The molecular formula is C29H24FN9O2. The molecule has 1 fully saturated rings. The number of ether oxygens (including phenoxy) is 1. The number of morpholine rings is 1. The van der Waals surface area contributed by atoms with Crippen LogP contribution in [0.3, 0.4) is 0 Å². The Morgan fingerprint density at radius 3 is 2.68 bits per heavy atom. The van der Waals surface area contributed by atoms with Gasteiger partial charge in [-0.05, 0) is 35.9 Å². The molecule has 0 saturated carbocycles. The number of carbonyl (C=O) groups excluding carboxylic acids is 1. The number of rotatable bonds is 4. The fourth-order valence-corrected chi connectivity index (χ4v) is 5.01. The molecule has 41 heavy (non-hydrogen) atoms. The molecule has 12 heteroatoms. The number of para-hydroxylation sites is 1. The maximum Gasteiger partial charge on any atom is 0.339 e. The number of carbonyl (C=O) groups is 1. The highest BCUT2D eigenvalue weighted by atomic mass is 19.1. The molecule has 4 N–H and O–H groups in total. The Morgan fingerprint density at radius 1 is 1.00 bits per heavy atom. The van der Waals surface area contributed by atoms with Gasteiger partial charge in [-0.15, -0.1) is 0 Å². The number of hydrazine groups is 1. The lowest BCUT2D eigenvalue weighted by atomic mass is 10.0. The number of hydrogen-bond donors (Lipinski definition) is 3. The number of aromatic nitrogens is 6. The molecule has 1 saturated heterocycles. The molecule has 0 bridgehead atoms. The van der Waals surface area contributed by atoms with Crippen molar-refractivity contribution >= 4 is 33.8 Å². The number of hydrogen-bond acceptors (Lipinski definition) is 7. The van der Waals surface area contributed by atoms with Crippen LogP contribution in [0.1, 0.15) is 0 Å². The molecule has 2 amide bonds. The second-order valence-corrected chi connectivity index (χ2v) is 9.68. The van der Waals surface area contributed by atoms with Crippen LogP contribution in [0.5, 0.6) is 0 Å². The van der Waals surface area contributed by atoms with Crippen molar-refractivity contribution in [3.8, 4) is 33.8 Å². The van der Waals surface area contributed by atoms with E-state index >= 15 is 0 Å². The summed E-state index contributed by atoms with van der Waals surface area (Å²) >= 11 is 0.